The number of fused-ring (bicyclic) bond motifs is 5. The number of halogens is 2. The molecule has 200 valence electrons. The Morgan fingerprint density at radius 1 is 1.09 bits per heavy atom. The van der Waals surface area contributed by atoms with E-state index in [1.165, 1.54) is 50.5 Å². The van der Waals surface area contributed by atoms with Gasteiger partial charge in [-0.1, -0.05) is 65.5 Å². The van der Waals surface area contributed by atoms with Crippen molar-refractivity contribution in [2.24, 2.45) is 46.3 Å². The van der Waals surface area contributed by atoms with Crippen LogP contribution in [0.25, 0.3) is 0 Å². The van der Waals surface area contributed by atoms with Gasteiger partial charge in [0.15, 0.2) is 0 Å². The average molecular weight is 493 g/mol. The predicted octanol–water partition coefficient (Wildman–Crippen LogP) is 8.98. The van der Waals surface area contributed by atoms with Crippen molar-refractivity contribution in [3.05, 3.63) is 11.6 Å². The summed E-state index contributed by atoms with van der Waals surface area (Å²) in [5.74, 6) is 1.05. The number of alkyl halides is 2. The molecule has 0 aliphatic heterocycles. The highest BCUT2D eigenvalue weighted by Gasteiger charge is 2.59. The minimum Gasteiger partial charge on any atom is -0.462 e. The normalized spacial score (nSPS) is 39.9. The summed E-state index contributed by atoms with van der Waals surface area (Å²) >= 11 is 0. The second-order valence-corrected chi connectivity index (χ2v) is 13.9. The molecule has 0 aromatic rings. The van der Waals surface area contributed by atoms with Crippen LogP contribution in [0, 0.1) is 46.3 Å². The molecule has 0 aromatic carbocycles. The summed E-state index contributed by atoms with van der Waals surface area (Å²) in [6.07, 6.45) is 14.7. The van der Waals surface area contributed by atoms with Gasteiger partial charge in [-0.3, -0.25) is 4.79 Å². The summed E-state index contributed by atoms with van der Waals surface area (Å²) in [6, 6.07) is 0. The number of hydrogen-bond acceptors (Lipinski definition) is 2. The topological polar surface area (TPSA) is 26.3 Å². The van der Waals surface area contributed by atoms with Crippen LogP contribution in [-0.2, 0) is 9.53 Å². The highest BCUT2D eigenvalue weighted by molar-refractivity contribution is 5.70. The first-order chi connectivity index (χ1) is 16.3. The van der Waals surface area contributed by atoms with Gasteiger partial charge in [-0.15, -0.1) is 0 Å². The van der Waals surface area contributed by atoms with Crippen molar-refractivity contribution in [3.8, 4) is 0 Å². The summed E-state index contributed by atoms with van der Waals surface area (Å²) < 4.78 is 32.0. The highest BCUT2D eigenvalue weighted by atomic mass is 19.3. The molecule has 0 bridgehead atoms. The van der Waals surface area contributed by atoms with Crippen molar-refractivity contribution < 1.29 is 18.3 Å². The van der Waals surface area contributed by atoms with E-state index in [0.29, 0.717) is 11.3 Å². The maximum atomic E-state index is 13.2. The second kappa shape index (κ2) is 10.1. The molecule has 8 atom stereocenters. The number of allylic oxidation sites excluding steroid dienone is 1. The van der Waals surface area contributed by atoms with Gasteiger partial charge in [0.05, 0.1) is 0 Å². The molecule has 4 aliphatic rings. The van der Waals surface area contributed by atoms with Crippen molar-refractivity contribution >= 4 is 5.97 Å². The van der Waals surface area contributed by atoms with Gasteiger partial charge in [0.1, 0.15) is 12.5 Å². The Kier molecular flexibility index (Phi) is 7.81. The van der Waals surface area contributed by atoms with Crippen LogP contribution in [0.15, 0.2) is 11.6 Å². The van der Waals surface area contributed by atoms with Crippen LogP contribution in [0.1, 0.15) is 119 Å². The third-order valence-corrected chi connectivity index (χ3v) is 11.0. The van der Waals surface area contributed by atoms with E-state index in [0.717, 1.165) is 62.2 Å². The molecule has 35 heavy (non-hydrogen) atoms. The molecule has 2 nitrogen and oxygen atoms in total. The summed E-state index contributed by atoms with van der Waals surface area (Å²) in [4.78, 5) is 12.0. The third kappa shape index (κ3) is 5.52. The minimum atomic E-state index is -3.00. The first-order valence-electron chi connectivity index (χ1n) is 14.6. The van der Waals surface area contributed by atoms with E-state index in [9.17, 15) is 13.6 Å². The first-order valence-corrected chi connectivity index (χ1v) is 14.6. The fraction of sp³-hybridized carbons (Fsp3) is 0.903. The molecule has 3 saturated carbocycles. The molecule has 0 radical (unpaired) electrons. The quantitative estimate of drug-likeness (QED) is 0.250. The van der Waals surface area contributed by atoms with Crippen LogP contribution in [0.3, 0.4) is 0 Å². The zero-order valence-electron chi connectivity index (χ0n) is 23.2. The van der Waals surface area contributed by atoms with Gasteiger partial charge < -0.3 is 4.74 Å². The zero-order valence-corrected chi connectivity index (χ0v) is 23.2. The van der Waals surface area contributed by atoms with Gasteiger partial charge in [0.25, 0.3) is 5.92 Å². The fourth-order valence-corrected chi connectivity index (χ4v) is 9.23. The summed E-state index contributed by atoms with van der Waals surface area (Å²) in [5.41, 5.74) is 2.10. The summed E-state index contributed by atoms with van der Waals surface area (Å²) in [7, 11) is 0. The molecule has 1 unspecified atom stereocenters. The molecular weight excluding hydrogens is 442 g/mol. The standard InChI is InChI=1S/C31H50F2O2/c1-20(2)8-7-9-21(3)25-12-13-26-24-11-10-22-18-23(35-28(34)19-31(6,32)33)14-16-29(22,4)27(24)15-17-30(25,26)5/h10,20-21,23-27H,7-9,11-19H2,1-6H3/t21-,23?,24+,25-,26+,27+,29+,30-/m1/s1. The fourth-order valence-electron chi connectivity index (χ4n) is 9.23. The van der Waals surface area contributed by atoms with Gasteiger partial charge in [0, 0.05) is 6.42 Å². The van der Waals surface area contributed by atoms with Crippen molar-refractivity contribution in [2.75, 3.05) is 0 Å². The second-order valence-electron chi connectivity index (χ2n) is 13.9. The number of ether oxygens (including phenoxy) is 1. The van der Waals surface area contributed by atoms with Crippen LogP contribution in [0.2, 0.25) is 0 Å². The number of rotatable bonds is 8. The lowest BCUT2D eigenvalue weighted by Crippen LogP contribution is -2.51. The maximum absolute atomic E-state index is 13.2. The van der Waals surface area contributed by atoms with Gasteiger partial charge in [-0.05, 0) is 98.2 Å². The van der Waals surface area contributed by atoms with E-state index in [1.807, 2.05) is 0 Å². The molecule has 0 N–H and O–H groups in total. The molecule has 3 fully saturated rings. The lowest BCUT2D eigenvalue weighted by atomic mass is 9.47. The monoisotopic (exact) mass is 492 g/mol. The Morgan fingerprint density at radius 3 is 2.51 bits per heavy atom. The van der Waals surface area contributed by atoms with E-state index in [4.69, 9.17) is 4.74 Å². The molecule has 0 spiro atoms. The van der Waals surface area contributed by atoms with E-state index < -0.39 is 18.3 Å². The summed E-state index contributed by atoms with van der Waals surface area (Å²) in [6.45, 7) is 13.1. The summed E-state index contributed by atoms with van der Waals surface area (Å²) in [5, 5.41) is 0. The number of carbonyl (C=O) groups excluding carboxylic acids is 1. The van der Waals surface area contributed by atoms with Crippen molar-refractivity contribution in [1.29, 1.82) is 0 Å². The number of esters is 1. The molecule has 0 heterocycles. The molecular formula is C31H50F2O2. The smallest absolute Gasteiger partial charge is 0.312 e. The van der Waals surface area contributed by atoms with Crippen LogP contribution in [-0.4, -0.2) is 18.0 Å². The van der Waals surface area contributed by atoms with Gasteiger partial charge in [-0.2, -0.15) is 0 Å². The minimum absolute atomic E-state index is 0.183. The predicted molar refractivity (Wildman–Crippen MR) is 138 cm³/mol. The number of hydrogen-bond donors (Lipinski definition) is 0. The Balaban J connectivity index is 1.42. The maximum Gasteiger partial charge on any atom is 0.312 e. The first kappa shape index (κ1) is 27.1. The SMILES string of the molecule is CC(C)CCC[C@@H](C)[C@H]1CC[C@H]2[C@@H]3CC=C4CC(OC(=O)CC(C)(F)F)CC[C@]4(C)[C@H]3CC[C@]12C. The van der Waals surface area contributed by atoms with Crippen LogP contribution in [0.4, 0.5) is 8.78 Å². The van der Waals surface area contributed by atoms with Gasteiger partial charge in [-0.25, -0.2) is 8.78 Å². The van der Waals surface area contributed by atoms with Crippen molar-refractivity contribution in [3.63, 3.8) is 0 Å². The van der Waals surface area contributed by atoms with Crippen LogP contribution in [0.5, 0.6) is 0 Å². The average Bonchev–Trinajstić information content (AvgIpc) is 3.09. The zero-order chi connectivity index (χ0) is 25.6. The van der Waals surface area contributed by atoms with Crippen LogP contribution >= 0.6 is 0 Å². The third-order valence-electron chi connectivity index (χ3n) is 11.0. The molecule has 4 rings (SSSR count). The van der Waals surface area contributed by atoms with E-state index in [1.54, 1.807) is 0 Å². The van der Waals surface area contributed by atoms with Gasteiger partial charge >= 0.3 is 5.97 Å². The Hall–Kier alpha value is -0.930. The lowest BCUT2D eigenvalue weighted by molar-refractivity contribution is -0.158. The molecule has 0 amide bonds. The molecule has 0 aromatic heterocycles. The molecule has 4 aliphatic carbocycles. The van der Waals surface area contributed by atoms with Crippen molar-refractivity contribution in [1.82, 2.24) is 0 Å². The van der Waals surface area contributed by atoms with E-state index in [2.05, 4.69) is 40.7 Å². The molecule has 4 heteroatoms. The lowest BCUT2D eigenvalue weighted by Gasteiger charge is -2.58. The van der Waals surface area contributed by atoms with E-state index in [-0.39, 0.29) is 11.5 Å². The van der Waals surface area contributed by atoms with Crippen LogP contribution < -0.4 is 0 Å². The van der Waals surface area contributed by atoms with Crippen molar-refractivity contribution in [2.45, 2.75) is 131 Å². The van der Waals surface area contributed by atoms with Gasteiger partial charge in [0.2, 0.25) is 0 Å². The molecule has 0 saturated heterocycles. The Bertz CT molecular complexity index is 798. The Labute approximate surface area is 213 Å². The van der Waals surface area contributed by atoms with E-state index >= 15 is 0 Å². The Morgan fingerprint density at radius 2 is 1.83 bits per heavy atom. The largest absolute Gasteiger partial charge is 0.462 e. The number of carbonyl (C=O) groups is 1. The highest BCUT2D eigenvalue weighted by Crippen LogP contribution is 2.67.